The Morgan fingerprint density at radius 2 is 2.10 bits per heavy atom. The molecule has 2 aromatic heterocycles. The Hall–Kier alpha value is -2.13. The zero-order chi connectivity index (χ0) is 14.1. The van der Waals surface area contributed by atoms with E-state index in [1.165, 1.54) is 0 Å². The second-order valence-corrected chi connectivity index (χ2v) is 5.65. The van der Waals surface area contributed by atoms with E-state index in [4.69, 9.17) is 4.42 Å². The van der Waals surface area contributed by atoms with Gasteiger partial charge < -0.3 is 4.42 Å². The van der Waals surface area contributed by atoms with E-state index in [2.05, 4.69) is 24.6 Å². The number of benzene rings is 1. The van der Waals surface area contributed by atoms with Crippen molar-refractivity contribution >= 4 is 40.0 Å². The summed E-state index contributed by atoms with van der Waals surface area (Å²) in [5.74, 6) is 0. The van der Waals surface area contributed by atoms with Crippen molar-refractivity contribution in [1.29, 1.82) is 0 Å². The lowest BCUT2D eigenvalue weighted by atomic mass is 10.1. The van der Waals surface area contributed by atoms with Crippen LogP contribution in [0.25, 0.3) is 28.7 Å². The molecule has 0 fully saturated rings. The molecule has 100 valence electrons. The van der Waals surface area contributed by atoms with E-state index in [0.29, 0.717) is 0 Å². The summed E-state index contributed by atoms with van der Waals surface area (Å²) in [6, 6.07) is 7.98. The molecule has 0 spiro atoms. The van der Waals surface area contributed by atoms with Gasteiger partial charge in [-0.15, -0.1) is 11.3 Å². The summed E-state index contributed by atoms with van der Waals surface area (Å²) >= 11 is 1.64. The highest BCUT2D eigenvalue weighted by atomic mass is 32.1. The average molecular weight is 281 g/mol. The maximum absolute atomic E-state index is 5.92. The minimum Gasteiger partial charge on any atom is -0.456 e. The summed E-state index contributed by atoms with van der Waals surface area (Å²) in [5, 5.41) is 5.03. The predicted molar refractivity (Wildman–Crippen MR) is 85.8 cm³/mol. The quantitative estimate of drug-likeness (QED) is 0.717. The second-order valence-electron chi connectivity index (χ2n) is 4.75. The number of furan rings is 1. The number of aromatic nitrogens is 1. The Bertz CT molecular complexity index is 885. The summed E-state index contributed by atoms with van der Waals surface area (Å²) in [5.41, 5.74) is 3.94. The number of para-hydroxylation sites is 1. The molecule has 3 rings (SSSR count). The van der Waals surface area contributed by atoms with Crippen LogP contribution in [0.4, 0.5) is 0 Å². The molecule has 0 atom stereocenters. The third kappa shape index (κ3) is 2.21. The Kier molecular flexibility index (Phi) is 3.28. The van der Waals surface area contributed by atoms with Gasteiger partial charge in [0.2, 0.25) is 0 Å². The maximum Gasteiger partial charge on any atom is 0.137 e. The SMILES string of the molecule is C=c1/c(=C(C)\C=C(/C)c2nccs2)oc2ccccc12. The number of hydrogen-bond acceptors (Lipinski definition) is 3. The van der Waals surface area contributed by atoms with Crippen LogP contribution in [0.15, 0.2) is 46.3 Å². The molecule has 0 saturated heterocycles. The standard InChI is InChI=1S/C17H15NOS/c1-11(10-12(2)17-18-8-9-20-17)16-13(3)14-6-4-5-7-15(14)19-16/h4-10H,3H2,1-2H3/b12-10+,16-11+. The number of allylic oxidation sites excluding steroid dienone is 2. The van der Waals surface area contributed by atoms with Gasteiger partial charge in [-0.1, -0.05) is 24.8 Å². The fourth-order valence-corrected chi connectivity index (χ4v) is 2.90. The van der Waals surface area contributed by atoms with Gasteiger partial charge >= 0.3 is 0 Å². The molecule has 1 aromatic carbocycles. The first-order valence-electron chi connectivity index (χ1n) is 6.42. The lowest BCUT2D eigenvalue weighted by Gasteiger charge is -1.95. The molecule has 0 unspecified atom stereocenters. The van der Waals surface area contributed by atoms with Crippen LogP contribution in [-0.4, -0.2) is 4.98 Å². The fourth-order valence-electron chi connectivity index (χ4n) is 2.29. The molecule has 0 bridgehead atoms. The molecule has 0 amide bonds. The van der Waals surface area contributed by atoms with Crippen molar-refractivity contribution in [3.8, 4) is 0 Å². The van der Waals surface area contributed by atoms with E-state index in [-0.39, 0.29) is 0 Å². The average Bonchev–Trinajstić information content (AvgIpc) is 3.07. The molecular weight excluding hydrogens is 266 g/mol. The van der Waals surface area contributed by atoms with Gasteiger partial charge in [0.15, 0.2) is 0 Å². The Morgan fingerprint density at radius 1 is 1.30 bits per heavy atom. The molecule has 20 heavy (non-hydrogen) atoms. The zero-order valence-corrected chi connectivity index (χ0v) is 12.3. The maximum atomic E-state index is 5.92. The zero-order valence-electron chi connectivity index (χ0n) is 11.5. The number of thiazole rings is 1. The smallest absolute Gasteiger partial charge is 0.137 e. The first kappa shape index (κ1) is 12.9. The molecule has 0 aliphatic carbocycles. The highest BCUT2D eigenvalue weighted by molar-refractivity contribution is 7.10. The van der Waals surface area contributed by atoms with Crippen LogP contribution in [0.5, 0.6) is 0 Å². The summed E-state index contributed by atoms with van der Waals surface area (Å²) in [6.45, 7) is 8.25. The summed E-state index contributed by atoms with van der Waals surface area (Å²) in [4.78, 5) is 4.32. The molecule has 0 radical (unpaired) electrons. The third-order valence-electron chi connectivity index (χ3n) is 3.26. The number of hydrogen-bond donors (Lipinski definition) is 0. The van der Waals surface area contributed by atoms with Gasteiger partial charge in [0.1, 0.15) is 16.0 Å². The molecule has 0 aliphatic heterocycles. The van der Waals surface area contributed by atoms with Crippen molar-refractivity contribution in [2.45, 2.75) is 13.8 Å². The number of fused-ring (bicyclic) bond motifs is 1. The molecule has 3 heteroatoms. The van der Waals surface area contributed by atoms with Crippen LogP contribution >= 0.6 is 11.3 Å². The summed E-state index contributed by atoms with van der Waals surface area (Å²) in [6.07, 6.45) is 3.92. The predicted octanol–water partition coefficient (Wildman–Crippen LogP) is 3.57. The Labute approximate surface area is 121 Å². The monoisotopic (exact) mass is 281 g/mol. The molecule has 0 N–H and O–H groups in total. The highest BCUT2D eigenvalue weighted by Gasteiger charge is 2.03. The number of nitrogens with zero attached hydrogens (tertiary/aromatic N) is 1. The van der Waals surface area contributed by atoms with E-state index in [0.717, 1.165) is 37.8 Å². The number of rotatable bonds is 2. The van der Waals surface area contributed by atoms with Gasteiger partial charge in [0.25, 0.3) is 0 Å². The first-order valence-corrected chi connectivity index (χ1v) is 7.30. The Morgan fingerprint density at radius 3 is 2.80 bits per heavy atom. The largest absolute Gasteiger partial charge is 0.456 e. The molecule has 2 heterocycles. The molecule has 0 aliphatic rings. The summed E-state index contributed by atoms with van der Waals surface area (Å²) < 4.78 is 5.92. The van der Waals surface area contributed by atoms with E-state index >= 15 is 0 Å². The second kappa shape index (κ2) is 5.10. The van der Waals surface area contributed by atoms with Gasteiger partial charge in [-0.05, 0) is 37.1 Å². The minimum atomic E-state index is 0.849. The van der Waals surface area contributed by atoms with Crippen LogP contribution in [0.3, 0.4) is 0 Å². The topological polar surface area (TPSA) is 26.0 Å². The normalized spacial score (nSPS) is 13.8. The van der Waals surface area contributed by atoms with Crippen LogP contribution < -0.4 is 10.6 Å². The molecule has 2 nitrogen and oxygen atoms in total. The van der Waals surface area contributed by atoms with Crippen LogP contribution in [0.1, 0.15) is 18.9 Å². The van der Waals surface area contributed by atoms with Gasteiger partial charge in [0.05, 0.1) is 0 Å². The van der Waals surface area contributed by atoms with E-state index in [9.17, 15) is 0 Å². The van der Waals surface area contributed by atoms with Crippen molar-refractivity contribution in [3.63, 3.8) is 0 Å². The van der Waals surface area contributed by atoms with E-state index in [1.807, 2.05) is 42.8 Å². The third-order valence-corrected chi connectivity index (χ3v) is 4.17. The van der Waals surface area contributed by atoms with Crippen molar-refractivity contribution in [2.75, 3.05) is 0 Å². The van der Waals surface area contributed by atoms with Gasteiger partial charge in [-0.3, -0.25) is 0 Å². The van der Waals surface area contributed by atoms with Gasteiger partial charge in [-0.2, -0.15) is 0 Å². The van der Waals surface area contributed by atoms with Crippen molar-refractivity contribution in [1.82, 2.24) is 4.98 Å². The van der Waals surface area contributed by atoms with Crippen molar-refractivity contribution < 1.29 is 4.42 Å². The molecular formula is C17H15NOS. The lowest BCUT2D eigenvalue weighted by molar-refractivity contribution is 0.573. The first-order chi connectivity index (χ1) is 9.66. The summed E-state index contributed by atoms with van der Waals surface area (Å²) in [7, 11) is 0. The van der Waals surface area contributed by atoms with Crippen LogP contribution in [-0.2, 0) is 0 Å². The van der Waals surface area contributed by atoms with E-state index in [1.54, 1.807) is 11.3 Å². The molecule has 3 aromatic rings. The Balaban J connectivity index is 2.20. The fraction of sp³-hybridized carbons (Fsp3) is 0.118. The lowest BCUT2D eigenvalue weighted by Crippen LogP contribution is -2.20. The van der Waals surface area contributed by atoms with Crippen molar-refractivity contribution in [3.05, 3.63) is 57.6 Å². The van der Waals surface area contributed by atoms with E-state index < -0.39 is 0 Å². The van der Waals surface area contributed by atoms with Crippen LogP contribution in [0.2, 0.25) is 0 Å². The van der Waals surface area contributed by atoms with Crippen LogP contribution in [0, 0.1) is 0 Å². The molecule has 0 saturated carbocycles. The van der Waals surface area contributed by atoms with Crippen molar-refractivity contribution in [2.24, 2.45) is 0 Å². The highest BCUT2D eigenvalue weighted by Crippen LogP contribution is 2.18. The minimum absolute atomic E-state index is 0.849. The van der Waals surface area contributed by atoms with Gasteiger partial charge in [0, 0.05) is 22.2 Å². The van der Waals surface area contributed by atoms with Gasteiger partial charge in [-0.25, -0.2) is 4.98 Å².